The molecule has 1 saturated heterocycles. The van der Waals surface area contributed by atoms with Crippen LogP contribution >= 0.6 is 0 Å². The lowest BCUT2D eigenvalue weighted by atomic mass is 10.2. The summed E-state index contributed by atoms with van der Waals surface area (Å²) in [5, 5.41) is 7.11. The van der Waals surface area contributed by atoms with Crippen molar-refractivity contribution in [2.45, 2.75) is 19.6 Å². The summed E-state index contributed by atoms with van der Waals surface area (Å²) >= 11 is 0. The van der Waals surface area contributed by atoms with Gasteiger partial charge in [-0.2, -0.15) is 5.10 Å². The highest BCUT2D eigenvalue weighted by atomic mass is 19.1. The molecule has 0 atom stereocenters. The van der Waals surface area contributed by atoms with Gasteiger partial charge < -0.3 is 10.2 Å². The van der Waals surface area contributed by atoms with Gasteiger partial charge in [0.15, 0.2) is 0 Å². The molecule has 1 aliphatic rings. The topological polar surface area (TPSA) is 70.5 Å². The molecule has 1 aromatic heterocycles. The van der Waals surface area contributed by atoms with E-state index in [1.807, 2.05) is 18.2 Å². The number of carbonyl (C=O) groups excluding carboxylic acids is 1. The third-order valence-electron chi connectivity index (χ3n) is 5.47. The second-order valence-electron chi connectivity index (χ2n) is 7.84. The molecule has 0 unspecified atom stereocenters. The Morgan fingerprint density at radius 2 is 1.69 bits per heavy atom. The summed E-state index contributed by atoms with van der Waals surface area (Å²) in [6, 6.07) is 19.5. The van der Waals surface area contributed by atoms with Crippen molar-refractivity contribution >= 4 is 11.7 Å². The van der Waals surface area contributed by atoms with Crippen LogP contribution in [0, 0.1) is 5.82 Å². The summed E-state index contributed by atoms with van der Waals surface area (Å²) < 4.78 is 14.4. The van der Waals surface area contributed by atoms with E-state index >= 15 is 0 Å². The van der Waals surface area contributed by atoms with Gasteiger partial charge in [-0.25, -0.2) is 9.07 Å². The van der Waals surface area contributed by atoms with Crippen molar-refractivity contribution in [3.05, 3.63) is 94.0 Å². The van der Waals surface area contributed by atoms with Crippen LogP contribution < -0.4 is 15.8 Å². The lowest BCUT2D eigenvalue weighted by Crippen LogP contribution is -2.46. The summed E-state index contributed by atoms with van der Waals surface area (Å²) in [5.74, 6) is -0.0261. The summed E-state index contributed by atoms with van der Waals surface area (Å²) in [4.78, 5) is 29.0. The zero-order valence-corrected chi connectivity index (χ0v) is 17.8. The molecule has 7 nitrogen and oxygen atoms in total. The van der Waals surface area contributed by atoms with Crippen molar-refractivity contribution in [3.8, 4) is 0 Å². The summed E-state index contributed by atoms with van der Waals surface area (Å²) in [7, 11) is 0. The number of nitrogens with one attached hydrogen (secondary N) is 1. The quantitative estimate of drug-likeness (QED) is 0.615. The minimum atomic E-state index is -0.355. The maximum absolute atomic E-state index is 13.3. The van der Waals surface area contributed by atoms with Gasteiger partial charge in [0.25, 0.3) is 5.56 Å². The van der Waals surface area contributed by atoms with Crippen LogP contribution in [0.25, 0.3) is 0 Å². The van der Waals surface area contributed by atoms with E-state index in [-0.39, 0.29) is 30.4 Å². The van der Waals surface area contributed by atoms with Gasteiger partial charge in [0.1, 0.15) is 18.2 Å². The maximum atomic E-state index is 13.3. The molecule has 0 bridgehead atoms. The molecule has 2 aromatic carbocycles. The van der Waals surface area contributed by atoms with Gasteiger partial charge in [-0.05, 0) is 29.3 Å². The number of anilines is 1. The van der Waals surface area contributed by atoms with Gasteiger partial charge in [0.2, 0.25) is 5.91 Å². The molecule has 166 valence electrons. The number of halogens is 1. The second-order valence-corrected chi connectivity index (χ2v) is 7.84. The number of aromatic nitrogens is 2. The number of carbonyl (C=O) groups is 1. The molecule has 2 heterocycles. The fourth-order valence-corrected chi connectivity index (χ4v) is 3.74. The van der Waals surface area contributed by atoms with E-state index < -0.39 is 0 Å². The van der Waals surface area contributed by atoms with Crippen LogP contribution in [0.15, 0.2) is 71.5 Å². The number of nitrogens with zero attached hydrogens (tertiary/aromatic N) is 4. The van der Waals surface area contributed by atoms with E-state index in [4.69, 9.17) is 0 Å². The zero-order valence-electron chi connectivity index (χ0n) is 17.8. The first-order chi connectivity index (χ1) is 15.6. The normalized spacial score (nSPS) is 14.3. The molecular weight excluding hydrogens is 409 g/mol. The molecule has 8 heteroatoms. The second kappa shape index (κ2) is 10.2. The predicted octanol–water partition coefficient (Wildman–Crippen LogP) is 2.02. The predicted molar refractivity (Wildman–Crippen MR) is 121 cm³/mol. The summed E-state index contributed by atoms with van der Waals surface area (Å²) in [6.45, 7) is 4.29. The highest BCUT2D eigenvalue weighted by Gasteiger charge is 2.19. The van der Waals surface area contributed by atoms with E-state index in [0.717, 1.165) is 32.7 Å². The van der Waals surface area contributed by atoms with Crippen LogP contribution in [0.4, 0.5) is 10.2 Å². The molecule has 1 fully saturated rings. The molecule has 3 aromatic rings. The molecule has 0 aliphatic carbocycles. The fourth-order valence-electron chi connectivity index (χ4n) is 3.74. The number of hydrogen-bond acceptors (Lipinski definition) is 5. The smallest absolute Gasteiger partial charge is 0.267 e. The first-order valence-corrected chi connectivity index (χ1v) is 10.7. The van der Waals surface area contributed by atoms with Crippen molar-refractivity contribution in [1.82, 2.24) is 20.0 Å². The monoisotopic (exact) mass is 435 g/mol. The minimum Gasteiger partial charge on any atom is -0.353 e. The SMILES string of the molecule is O=C(Cn1nc(N2CCN(Cc3ccccc3)CC2)ccc1=O)NCc1cccc(F)c1. The third kappa shape index (κ3) is 5.79. The molecule has 1 aliphatic heterocycles. The van der Waals surface area contributed by atoms with Gasteiger partial charge >= 0.3 is 0 Å². The van der Waals surface area contributed by atoms with E-state index in [1.165, 1.54) is 28.4 Å². The van der Waals surface area contributed by atoms with Gasteiger partial charge in [-0.15, -0.1) is 0 Å². The zero-order chi connectivity index (χ0) is 22.3. The van der Waals surface area contributed by atoms with Gasteiger partial charge in [0, 0.05) is 45.3 Å². The van der Waals surface area contributed by atoms with Gasteiger partial charge in [-0.3, -0.25) is 14.5 Å². The Hall–Kier alpha value is -3.52. The Labute approximate surface area is 186 Å². The van der Waals surface area contributed by atoms with Crippen LogP contribution in [-0.2, 0) is 24.4 Å². The number of rotatable bonds is 7. The van der Waals surface area contributed by atoms with Crippen LogP contribution in [0.1, 0.15) is 11.1 Å². The standard InChI is InChI=1S/C24H26FN5O2/c25-21-8-4-7-20(15-21)16-26-23(31)18-30-24(32)10-9-22(27-30)29-13-11-28(12-14-29)17-19-5-2-1-3-6-19/h1-10,15H,11-14,16-18H2,(H,26,31). The Bertz CT molecular complexity index is 1110. The first-order valence-electron chi connectivity index (χ1n) is 10.7. The molecule has 0 radical (unpaired) electrons. The Balaban J connectivity index is 1.32. The minimum absolute atomic E-state index is 0.185. The largest absolute Gasteiger partial charge is 0.353 e. The van der Waals surface area contributed by atoms with Crippen LogP contribution in [0.2, 0.25) is 0 Å². The Morgan fingerprint density at radius 3 is 2.44 bits per heavy atom. The number of hydrogen-bond donors (Lipinski definition) is 1. The average molecular weight is 436 g/mol. The van der Waals surface area contributed by atoms with Crippen molar-refractivity contribution in [2.75, 3.05) is 31.1 Å². The highest BCUT2D eigenvalue weighted by Crippen LogP contribution is 2.14. The highest BCUT2D eigenvalue weighted by molar-refractivity contribution is 5.75. The number of piperazine rings is 1. The molecule has 32 heavy (non-hydrogen) atoms. The van der Waals surface area contributed by atoms with E-state index in [9.17, 15) is 14.0 Å². The molecular formula is C24H26FN5O2. The number of benzene rings is 2. The van der Waals surface area contributed by atoms with Crippen molar-refractivity contribution < 1.29 is 9.18 Å². The molecule has 0 saturated carbocycles. The lowest BCUT2D eigenvalue weighted by molar-refractivity contribution is -0.122. The number of amides is 1. The molecule has 1 N–H and O–H groups in total. The fraction of sp³-hybridized carbons (Fsp3) is 0.292. The van der Waals surface area contributed by atoms with Crippen LogP contribution in [-0.4, -0.2) is 46.8 Å². The Morgan fingerprint density at radius 1 is 0.938 bits per heavy atom. The van der Waals surface area contributed by atoms with Crippen molar-refractivity contribution in [2.24, 2.45) is 0 Å². The van der Waals surface area contributed by atoms with Gasteiger partial charge in [0.05, 0.1) is 0 Å². The van der Waals surface area contributed by atoms with Crippen molar-refractivity contribution in [1.29, 1.82) is 0 Å². The van der Waals surface area contributed by atoms with Crippen LogP contribution in [0.5, 0.6) is 0 Å². The van der Waals surface area contributed by atoms with E-state index in [2.05, 4.69) is 32.3 Å². The lowest BCUT2D eigenvalue weighted by Gasteiger charge is -2.35. The van der Waals surface area contributed by atoms with E-state index in [0.29, 0.717) is 11.4 Å². The van der Waals surface area contributed by atoms with Gasteiger partial charge in [-0.1, -0.05) is 42.5 Å². The molecule has 1 amide bonds. The van der Waals surface area contributed by atoms with Crippen molar-refractivity contribution in [3.63, 3.8) is 0 Å². The van der Waals surface area contributed by atoms with Crippen LogP contribution in [0.3, 0.4) is 0 Å². The molecule has 4 rings (SSSR count). The summed E-state index contributed by atoms with van der Waals surface area (Å²) in [6.07, 6.45) is 0. The third-order valence-corrected chi connectivity index (χ3v) is 5.47. The van der Waals surface area contributed by atoms with E-state index in [1.54, 1.807) is 18.2 Å². The first kappa shape index (κ1) is 21.7. The maximum Gasteiger partial charge on any atom is 0.267 e. The average Bonchev–Trinajstić information content (AvgIpc) is 2.80. The Kier molecular flexibility index (Phi) is 6.91. The summed E-state index contributed by atoms with van der Waals surface area (Å²) in [5.41, 5.74) is 1.61. The molecule has 0 spiro atoms.